The fourth-order valence-corrected chi connectivity index (χ4v) is 2.44. The summed E-state index contributed by atoms with van der Waals surface area (Å²) in [6, 6.07) is 2.47. The summed E-state index contributed by atoms with van der Waals surface area (Å²) >= 11 is 0. The number of piperidine rings is 1. The number of nitrogens with zero attached hydrogens (tertiary/aromatic N) is 2. The summed E-state index contributed by atoms with van der Waals surface area (Å²) in [7, 11) is 0. The average Bonchev–Trinajstić information content (AvgIpc) is 2.43. The maximum absolute atomic E-state index is 12.1. The van der Waals surface area contributed by atoms with E-state index in [-0.39, 0.29) is 23.9 Å². The molecule has 0 bridgehead atoms. The van der Waals surface area contributed by atoms with Crippen molar-refractivity contribution in [2.45, 2.75) is 58.5 Å². The van der Waals surface area contributed by atoms with Crippen LogP contribution in [-0.2, 0) is 4.79 Å². The van der Waals surface area contributed by atoms with Crippen LogP contribution in [0.3, 0.4) is 0 Å². The van der Waals surface area contributed by atoms with Crippen LogP contribution in [0.5, 0.6) is 0 Å². The molecular weight excluding hydrogens is 226 g/mol. The highest BCUT2D eigenvalue weighted by Crippen LogP contribution is 2.17. The second-order valence-electron chi connectivity index (χ2n) is 5.16. The molecular formula is C14H25N3O. The molecule has 1 amide bonds. The van der Waals surface area contributed by atoms with Crippen LogP contribution in [0, 0.1) is 17.2 Å². The normalized spacial score (nSPS) is 22.5. The van der Waals surface area contributed by atoms with Gasteiger partial charge in [0.1, 0.15) is 0 Å². The van der Waals surface area contributed by atoms with Gasteiger partial charge in [-0.2, -0.15) is 5.26 Å². The third-order valence-electron chi connectivity index (χ3n) is 3.89. The van der Waals surface area contributed by atoms with Gasteiger partial charge in [-0.15, -0.1) is 0 Å². The van der Waals surface area contributed by atoms with Crippen molar-refractivity contribution in [3.05, 3.63) is 0 Å². The molecule has 1 saturated heterocycles. The molecule has 18 heavy (non-hydrogen) atoms. The summed E-state index contributed by atoms with van der Waals surface area (Å²) in [6.45, 7) is 7.78. The van der Waals surface area contributed by atoms with Gasteiger partial charge in [-0.1, -0.05) is 13.8 Å². The number of rotatable bonds is 5. The highest BCUT2D eigenvalue weighted by Gasteiger charge is 2.27. The summed E-state index contributed by atoms with van der Waals surface area (Å²) in [5.41, 5.74) is 0. The van der Waals surface area contributed by atoms with E-state index in [0.717, 1.165) is 38.8 Å². The Morgan fingerprint density at radius 3 is 2.72 bits per heavy atom. The number of amides is 1. The molecule has 1 aliphatic heterocycles. The molecule has 1 heterocycles. The first-order chi connectivity index (χ1) is 8.62. The lowest BCUT2D eigenvalue weighted by Gasteiger charge is -2.34. The van der Waals surface area contributed by atoms with E-state index in [2.05, 4.69) is 30.1 Å². The predicted octanol–water partition coefficient (Wildman–Crippen LogP) is 1.92. The number of hydrogen-bond acceptors (Lipinski definition) is 3. The number of hydrogen-bond donors (Lipinski definition) is 1. The highest BCUT2D eigenvalue weighted by molar-refractivity contribution is 5.81. The zero-order valence-corrected chi connectivity index (χ0v) is 11.8. The molecule has 0 radical (unpaired) electrons. The standard InChI is InChI=1S/C14H25N3O/c1-4-13(5-2)16-14(18)11(3)17-8-6-7-12(9-15)10-17/h11-13H,4-8,10H2,1-3H3,(H,16,18). The Hall–Kier alpha value is -1.08. The number of carbonyl (C=O) groups is 1. The molecule has 0 saturated carbocycles. The van der Waals surface area contributed by atoms with E-state index in [9.17, 15) is 4.79 Å². The Kier molecular flexibility index (Phi) is 6.14. The van der Waals surface area contributed by atoms with Gasteiger partial charge in [-0.25, -0.2) is 0 Å². The minimum Gasteiger partial charge on any atom is -0.352 e. The average molecular weight is 251 g/mol. The Morgan fingerprint density at radius 1 is 1.50 bits per heavy atom. The first-order valence-electron chi connectivity index (χ1n) is 7.06. The molecule has 0 aromatic heterocycles. The Morgan fingerprint density at radius 2 is 2.17 bits per heavy atom. The van der Waals surface area contributed by atoms with E-state index < -0.39 is 0 Å². The van der Waals surface area contributed by atoms with Gasteiger partial charge in [0.05, 0.1) is 18.0 Å². The monoisotopic (exact) mass is 251 g/mol. The van der Waals surface area contributed by atoms with Crippen molar-refractivity contribution in [1.82, 2.24) is 10.2 Å². The summed E-state index contributed by atoms with van der Waals surface area (Å²) < 4.78 is 0. The molecule has 1 rings (SSSR count). The first-order valence-corrected chi connectivity index (χ1v) is 7.06. The van der Waals surface area contributed by atoms with Crippen LogP contribution in [0.4, 0.5) is 0 Å². The van der Waals surface area contributed by atoms with Gasteiger partial charge in [0.15, 0.2) is 0 Å². The van der Waals surface area contributed by atoms with Gasteiger partial charge in [0, 0.05) is 12.6 Å². The maximum atomic E-state index is 12.1. The fourth-order valence-electron chi connectivity index (χ4n) is 2.44. The zero-order chi connectivity index (χ0) is 13.5. The summed E-state index contributed by atoms with van der Waals surface area (Å²) in [5.74, 6) is 0.185. The lowest BCUT2D eigenvalue weighted by Crippen LogP contribution is -2.50. The van der Waals surface area contributed by atoms with Gasteiger partial charge in [-0.3, -0.25) is 9.69 Å². The Labute approximate surface area is 110 Å². The van der Waals surface area contributed by atoms with Gasteiger partial charge >= 0.3 is 0 Å². The third kappa shape index (κ3) is 3.99. The number of nitriles is 1. The van der Waals surface area contributed by atoms with Crippen LogP contribution in [0.1, 0.15) is 46.5 Å². The third-order valence-corrected chi connectivity index (χ3v) is 3.89. The lowest BCUT2D eigenvalue weighted by molar-refractivity contribution is -0.127. The number of nitrogens with one attached hydrogen (secondary N) is 1. The molecule has 1 fully saturated rings. The van der Waals surface area contributed by atoms with Crippen LogP contribution >= 0.6 is 0 Å². The van der Waals surface area contributed by atoms with Gasteiger partial charge in [-0.05, 0) is 39.2 Å². The van der Waals surface area contributed by atoms with Crippen LogP contribution in [0.25, 0.3) is 0 Å². The van der Waals surface area contributed by atoms with Crippen molar-refractivity contribution in [3.63, 3.8) is 0 Å². The van der Waals surface area contributed by atoms with E-state index in [1.54, 1.807) is 0 Å². The molecule has 0 aliphatic carbocycles. The largest absolute Gasteiger partial charge is 0.352 e. The molecule has 1 aliphatic rings. The molecule has 4 heteroatoms. The summed E-state index contributed by atoms with van der Waals surface area (Å²) in [5, 5.41) is 12.1. The van der Waals surface area contributed by atoms with Crippen LogP contribution in [0.2, 0.25) is 0 Å². The minimum atomic E-state index is -0.123. The van der Waals surface area contributed by atoms with E-state index >= 15 is 0 Å². The van der Waals surface area contributed by atoms with Crippen molar-refractivity contribution in [2.75, 3.05) is 13.1 Å². The van der Waals surface area contributed by atoms with Crippen molar-refractivity contribution in [2.24, 2.45) is 5.92 Å². The van der Waals surface area contributed by atoms with Crippen molar-refractivity contribution >= 4 is 5.91 Å². The van der Waals surface area contributed by atoms with Crippen molar-refractivity contribution in [1.29, 1.82) is 5.26 Å². The molecule has 102 valence electrons. The summed E-state index contributed by atoms with van der Waals surface area (Å²) in [4.78, 5) is 14.3. The molecule has 0 aromatic carbocycles. The van der Waals surface area contributed by atoms with Crippen LogP contribution in [-0.4, -0.2) is 36.0 Å². The van der Waals surface area contributed by atoms with Crippen LogP contribution < -0.4 is 5.32 Å². The Balaban J connectivity index is 2.50. The number of carbonyl (C=O) groups excluding carboxylic acids is 1. The van der Waals surface area contributed by atoms with Crippen molar-refractivity contribution in [3.8, 4) is 6.07 Å². The van der Waals surface area contributed by atoms with E-state index in [1.807, 2.05) is 6.92 Å². The van der Waals surface area contributed by atoms with Gasteiger partial charge in [0.2, 0.25) is 5.91 Å². The highest BCUT2D eigenvalue weighted by atomic mass is 16.2. The maximum Gasteiger partial charge on any atom is 0.237 e. The summed E-state index contributed by atoms with van der Waals surface area (Å²) in [6.07, 6.45) is 3.92. The minimum absolute atomic E-state index is 0.0853. The van der Waals surface area contributed by atoms with Gasteiger partial charge in [0.25, 0.3) is 0 Å². The quantitative estimate of drug-likeness (QED) is 0.812. The first kappa shape index (κ1) is 15.0. The second-order valence-corrected chi connectivity index (χ2v) is 5.16. The molecule has 0 aromatic rings. The van der Waals surface area contributed by atoms with Gasteiger partial charge < -0.3 is 5.32 Å². The molecule has 0 spiro atoms. The second kappa shape index (κ2) is 7.38. The predicted molar refractivity (Wildman–Crippen MR) is 71.9 cm³/mol. The molecule has 1 N–H and O–H groups in total. The van der Waals surface area contributed by atoms with Crippen LogP contribution in [0.15, 0.2) is 0 Å². The Bertz CT molecular complexity index is 307. The fraction of sp³-hybridized carbons (Fsp3) is 0.857. The van der Waals surface area contributed by atoms with E-state index in [0.29, 0.717) is 0 Å². The SMILES string of the molecule is CCC(CC)NC(=O)C(C)N1CCCC(C#N)C1. The molecule has 4 nitrogen and oxygen atoms in total. The van der Waals surface area contributed by atoms with Crippen molar-refractivity contribution < 1.29 is 4.79 Å². The smallest absolute Gasteiger partial charge is 0.237 e. The molecule has 2 atom stereocenters. The number of likely N-dealkylation sites (tertiary alicyclic amines) is 1. The lowest BCUT2D eigenvalue weighted by atomic mass is 9.98. The van der Waals surface area contributed by atoms with E-state index in [1.165, 1.54) is 0 Å². The zero-order valence-electron chi connectivity index (χ0n) is 11.8. The van der Waals surface area contributed by atoms with E-state index in [4.69, 9.17) is 5.26 Å². The molecule has 2 unspecified atom stereocenters. The topological polar surface area (TPSA) is 56.1 Å².